The summed E-state index contributed by atoms with van der Waals surface area (Å²) in [6, 6.07) is 12.6. The molecule has 0 saturated carbocycles. The molecule has 0 N–H and O–H groups in total. The summed E-state index contributed by atoms with van der Waals surface area (Å²) in [5.74, 6) is 0. The first-order chi connectivity index (χ1) is 9.49. The van der Waals surface area contributed by atoms with Gasteiger partial charge in [0.1, 0.15) is 5.36 Å². The van der Waals surface area contributed by atoms with E-state index in [4.69, 9.17) is 9.16 Å². The van der Waals surface area contributed by atoms with Gasteiger partial charge in [-0.25, -0.2) is 0 Å². The molecule has 1 heterocycles. The highest BCUT2D eigenvalue weighted by atomic mass is 28.3. The summed E-state index contributed by atoms with van der Waals surface area (Å²) in [5.41, 5.74) is 5.91. The molecule has 0 fully saturated rings. The van der Waals surface area contributed by atoms with E-state index in [9.17, 15) is 0 Å². The molecule has 0 aliphatic carbocycles. The number of benzene rings is 1. The minimum Gasteiger partial charge on any atom is -0.548 e. The van der Waals surface area contributed by atoms with Crippen LogP contribution in [-0.4, -0.2) is 22.9 Å². The molecule has 20 heavy (non-hydrogen) atoms. The van der Waals surface area contributed by atoms with E-state index in [-0.39, 0.29) is 5.41 Å². The maximum Gasteiger partial charge on any atom is 0.308 e. The van der Waals surface area contributed by atoms with Gasteiger partial charge in [-0.3, -0.25) is 0 Å². The van der Waals surface area contributed by atoms with Crippen LogP contribution < -0.4 is 9.16 Å². The van der Waals surface area contributed by atoms with Gasteiger partial charge in [-0.1, -0.05) is 57.2 Å². The zero-order valence-corrected chi connectivity index (χ0v) is 13.9. The predicted molar refractivity (Wildman–Crippen MR) is 85.6 cm³/mol. The lowest BCUT2D eigenvalue weighted by molar-refractivity contribution is 0.409. The molecule has 0 aliphatic rings. The first kappa shape index (κ1) is 14.8. The molecule has 1 aromatic carbocycles. The minimum atomic E-state index is -1.21. The van der Waals surface area contributed by atoms with Crippen LogP contribution in [0, 0.1) is 0 Å². The van der Waals surface area contributed by atoms with Gasteiger partial charge < -0.3 is 9.16 Å². The Balaban J connectivity index is 2.79. The third-order valence-corrected chi connectivity index (χ3v) is 5.23. The molecule has 0 saturated heterocycles. The van der Waals surface area contributed by atoms with Gasteiger partial charge >= 0.3 is 8.64 Å². The fourth-order valence-corrected chi connectivity index (χ4v) is 3.96. The highest BCUT2D eigenvalue weighted by Crippen LogP contribution is 2.38. The summed E-state index contributed by atoms with van der Waals surface area (Å²) in [5, 5.41) is 0.983. The monoisotopic (exact) mass is 286 g/mol. The average Bonchev–Trinajstić information content (AvgIpc) is 2.45. The van der Waals surface area contributed by atoms with Gasteiger partial charge in [-0.2, -0.15) is 0 Å². The van der Waals surface area contributed by atoms with Gasteiger partial charge in [-0.15, -0.1) is 0 Å². The second-order valence-corrected chi connectivity index (χ2v) is 7.76. The molecule has 0 aliphatic heterocycles. The van der Waals surface area contributed by atoms with Crippen molar-refractivity contribution in [2.45, 2.75) is 26.2 Å². The van der Waals surface area contributed by atoms with E-state index in [2.05, 4.69) is 56.8 Å². The van der Waals surface area contributed by atoms with Crippen LogP contribution in [0.2, 0.25) is 0 Å². The van der Waals surface area contributed by atoms with Gasteiger partial charge in [0.2, 0.25) is 0 Å². The van der Waals surface area contributed by atoms with Gasteiger partial charge in [0.25, 0.3) is 0 Å². The number of hydrogen-bond donors (Lipinski definition) is 0. The molecule has 1 aromatic heterocycles. The van der Waals surface area contributed by atoms with Gasteiger partial charge in [0.05, 0.1) is 14.2 Å². The van der Waals surface area contributed by atoms with E-state index in [1.807, 2.05) is 6.07 Å². The Morgan fingerprint density at radius 2 is 1.60 bits per heavy atom. The van der Waals surface area contributed by atoms with Crippen molar-refractivity contribution < 1.29 is 9.16 Å². The zero-order valence-electron chi connectivity index (χ0n) is 12.9. The second kappa shape index (κ2) is 5.79. The van der Waals surface area contributed by atoms with Gasteiger partial charge in [-0.05, 0) is 22.2 Å². The molecule has 0 bridgehead atoms. The van der Waals surface area contributed by atoms with Crippen LogP contribution in [-0.2, 0) is 5.41 Å². The fraction of sp³-hybridized carbons (Fsp3) is 0.353. The van der Waals surface area contributed by atoms with E-state index < -0.39 is 8.64 Å². The number of hydrogen-bond acceptors (Lipinski definition) is 2. The third-order valence-electron chi connectivity index (χ3n) is 3.42. The quantitative estimate of drug-likeness (QED) is 0.800. The Kier molecular flexibility index (Phi) is 4.28. The largest absolute Gasteiger partial charge is 0.548 e. The lowest BCUT2D eigenvalue weighted by Gasteiger charge is -2.25. The molecule has 106 valence electrons. The van der Waals surface area contributed by atoms with Gasteiger partial charge in [0.15, 0.2) is 0 Å². The molecule has 0 atom stereocenters. The predicted octanol–water partition coefficient (Wildman–Crippen LogP) is 3.74. The van der Waals surface area contributed by atoms with Crippen LogP contribution >= 0.6 is 0 Å². The second-order valence-electron chi connectivity index (χ2n) is 5.84. The molecular formula is C17H22O2Si. The summed E-state index contributed by atoms with van der Waals surface area (Å²) < 4.78 is 11.3. The van der Waals surface area contributed by atoms with Crippen molar-refractivity contribution in [3.8, 4) is 16.5 Å². The Hall–Kier alpha value is -1.61. The standard InChI is InChI=1S/C17H22O2Si/c1-17(2,3)14-11-12-20(19-5)16(18-4)15(14)13-9-7-6-8-10-13/h6-12H,1-5H3. The average molecular weight is 286 g/mol. The maximum atomic E-state index is 5.71. The van der Waals surface area contributed by atoms with Crippen LogP contribution in [0.15, 0.2) is 42.1 Å². The molecule has 3 heteroatoms. The molecule has 0 amide bonds. The molecule has 2 rings (SSSR count). The Labute approximate surface area is 123 Å². The summed E-state index contributed by atoms with van der Waals surface area (Å²) in [6.45, 7) is 6.69. The minimum absolute atomic E-state index is 0.0621. The van der Waals surface area contributed by atoms with E-state index in [1.165, 1.54) is 16.7 Å². The van der Waals surface area contributed by atoms with E-state index in [1.54, 1.807) is 14.2 Å². The molecule has 0 spiro atoms. The van der Waals surface area contributed by atoms with Crippen molar-refractivity contribution in [1.82, 2.24) is 0 Å². The molecule has 0 radical (unpaired) electrons. The highest BCUT2D eigenvalue weighted by Gasteiger charge is 2.24. The van der Waals surface area contributed by atoms with E-state index >= 15 is 0 Å². The Morgan fingerprint density at radius 3 is 2.10 bits per heavy atom. The topological polar surface area (TPSA) is 18.5 Å². The van der Waals surface area contributed by atoms with Crippen molar-refractivity contribution in [3.05, 3.63) is 47.6 Å². The van der Waals surface area contributed by atoms with Gasteiger partial charge in [0, 0.05) is 5.56 Å². The van der Waals surface area contributed by atoms with Crippen molar-refractivity contribution in [3.63, 3.8) is 0 Å². The highest BCUT2D eigenvalue weighted by molar-refractivity contribution is 6.51. The summed E-state index contributed by atoms with van der Waals surface area (Å²) in [4.78, 5) is 0. The normalized spacial score (nSPS) is 11.2. The van der Waals surface area contributed by atoms with Crippen molar-refractivity contribution in [1.29, 1.82) is 0 Å². The van der Waals surface area contributed by atoms with Crippen molar-refractivity contribution in [2.75, 3.05) is 14.2 Å². The van der Waals surface area contributed by atoms with Crippen LogP contribution in [0.4, 0.5) is 0 Å². The Bertz CT molecular complexity index is 586. The van der Waals surface area contributed by atoms with Crippen LogP contribution in [0.25, 0.3) is 11.1 Å². The third kappa shape index (κ3) is 2.78. The zero-order chi connectivity index (χ0) is 14.8. The maximum absolute atomic E-state index is 5.71. The first-order valence-electron chi connectivity index (χ1n) is 6.80. The lowest BCUT2D eigenvalue weighted by atomic mass is 9.83. The van der Waals surface area contributed by atoms with E-state index in [0.717, 1.165) is 5.36 Å². The number of ether oxygens (including phenoxy) is 1. The smallest absolute Gasteiger partial charge is 0.308 e. The Morgan fingerprint density at radius 1 is 0.950 bits per heavy atom. The molecule has 0 unspecified atom stereocenters. The van der Waals surface area contributed by atoms with Crippen LogP contribution in [0.1, 0.15) is 26.3 Å². The van der Waals surface area contributed by atoms with E-state index in [0.29, 0.717) is 0 Å². The molecule has 2 aromatic rings. The van der Waals surface area contributed by atoms with Crippen molar-refractivity contribution in [2.24, 2.45) is 0 Å². The molecular weight excluding hydrogens is 264 g/mol. The SMILES string of the molecule is COc1c(-c2ccccc2)c(C(C)(C)C)cc[si]1OC. The van der Waals surface area contributed by atoms with Crippen molar-refractivity contribution >= 4 is 8.64 Å². The fourth-order valence-electron chi connectivity index (χ4n) is 2.44. The lowest BCUT2D eigenvalue weighted by Crippen LogP contribution is -2.18. The number of rotatable bonds is 3. The number of methoxy groups -OCH3 is 1. The summed E-state index contributed by atoms with van der Waals surface area (Å²) in [6.07, 6.45) is 0. The first-order valence-corrected chi connectivity index (χ1v) is 8.28. The van der Waals surface area contributed by atoms with Crippen LogP contribution in [0.3, 0.4) is 0 Å². The molecule has 2 nitrogen and oxygen atoms in total. The summed E-state index contributed by atoms with van der Waals surface area (Å²) >= 11 is 0. The summed E-state index contributed by atoms with van der Waals surface area (Å²) in [7, 11) is 2.28. The van der Waals surface area contributed by atoms with Crippen LogP contribution in [0.5, 0.6) is 5.36 Å².